The minimum Gasteiger partial charge on any atom is -0.322 e. The van der Waals surface area contributed by atoms with E-state index in [1.807, 2.05) is 6.07 Å². The summed E-state index contributed by atoms with van der Waals surface area (Å²) < 4.78 is 56.2. The number of rotatable bonds is 8. The van der Waals surface area contributed by atoms with Crippen molar-refractivity contribution in [3.63, 3.8) is 0 Å². The molecule has 0 saturated heterocycles. The zero-order chi connectivity index (χ0) is 24.5. The van der Waals surface area contributed by atoms with Crippen molar-refractivity contribution in [2.45, 2.75) is 42.5 Å². The molecule has 4 rings (SSSR count). The van der Waals surface area contributed by atoms with Gasteiger partial charge in [0.05, 0.1) is 21.0 Å². The molecule has 3 aromatic rings. The molecule has 1 fully saturated rings. The van der Waals surface area contributed by atoms with Gasteiger partial charge < -0.3 is 5.32 Å². The summed E-state index contributed by atoms with van der Waals surface area (Å²) in [6, 6.07) is 17.2. The highest BCUT2D eigenvalue weighted by molar-refractivity contribution is 7.92. The van der Waals surface area contributed by atoms with Crippen LogP contribution in [0.15, 0.2) is 76.5 Å². The highest BCUT2D eigenvalue weighted by Gasteiger charge is 2.28. The van der Waals surface area contributed by atoms with Crippen molar-refractivity contribution >= 4 is 37.3 Å². The second-order valence-electron chi connectivity index (χ2n) is 8.30. The number of hydrogen-bond acceptors (Lipinski definition) is 5. The molecule has 1 amide bonds. The summed E-state index contributed by atoms with van der Waals surface area (Å²) in [7, 11) is -7.63. The summed E-state index contributed by atoms with van der Waals surface area (Å²) in [6.07, 6.45) is 1.62. The maximum Gasteiger partial charge on any atom is 0.262 e. The Morgan fingerprint density at radius 3 is 2.32 bits per heavy atom. The lowest BCUT2D eigenvalue weighted by molar-refractivity contribution is 0.102. The van der Waals surface area contributed by atoms with E-state index in [9.17, 15) is 21.6 Å². The van der Waals surface area contributed by atoms with Gasteiger partial charge in [-0.1, -0.05) is 30.3 Å². The van der Waals surface area contributed by atoms with Gasteiger partial charge in [0.2, 0.25) is 10.0 Å². The van der Waals surface area contributed by atoms with E-state index < -0.39 is 26.0 Å². The van der Waals surface area contributed by atoms with Gasteiger partial charge in [0.1, 0.15) is 0 Å². The second kappa shape index (κ2) is 9.21. The van der Waals surface area contributed by atoms with Gasteiger partial charge in [-0.25, -0.2) is 21.6 Å². The maximum absolute atomic E-state index is 13.0. The van der Waals surface area contributed by atoms with Gasteiger partial charge in [0, 0.05) is 11.7 Å². The molecular formula is C24H25N3O5S2. The molecule has 0 atom stereocenters. The van der Waals surface area contributed by atoms with Crippen molar-refractivity contribution in [3.05, 3.63) is 83.4 Å². The van der Waals surface area contributed by atoms with E-state index in [1.54, 1.807) is 44.2 Å². The van der Waals surface area contributed by atoms with Gasteiger partial charge >= 0.3 is 0 Å². The number of carbonyl (C=O) groups is 1. The fourth-order valence-corrected chi connectivity index (χ4v) is 6.16. The molecule has 3 aromatic carbocycles. The quantitative estimate of drug-likeness (QED) is 0.435. The minimum absolute atomic E-state index is 0.0415. The molecule has 3 N–H and O–H groups in total. The third kappa shape index (κ3) is 5.46. The summed E-state index contributed by atoms with van der Waals surface area (Å²) in [5, 5.41) is 2.66. The first kappa shape index (κ1) is 23.9. The molecule has 10 heteroatoms. The van der Waals surface area contributed by atoms with Gasteiger partial charge in [-0.2, -0.15) is 0 Å². The summed E-state index contributed by atoms with van der Waals surface area (Å²) >= 11 is 0. The van der Waals surface area contributed by atoms with E-state index in [-0.39, 0.29) is 32.8 Å². The van der Waals surface area contributed by atoms with Crippen LogP contribution in [0.4, 0.5) is 11.4 Å². The average Bonchev–Trinajstić information content (AvgIpc) is 3.59. The summed E-state index contributed by atoms with van der Waals surface area (Å²) in [4.78, 5) is 13.2. The third-order valence-electron chi connectivity index (χ3n) is 5.35. The predicted octanol–water partition coefficient (Wildman–Crippen LogP) is 3.80. The minimum atomic E-state index is -3.94. The van der Waals surface area contributed by atoms with E-state index >= 15 is 0 Å². The molecule has 1 aliphatic carbocycles. The number of aryl methyl sites for hydroxylation is 2. The normalized spacial score (nSPS) is 13.9. The summed E-state index contributed by atoms with van der Waals surface area (Å²) in [6.45, 7) is 3.50. The van der Waals surface area contributed by atoms with Crippen molar-refractivity contribution in [1.29, 1.82) is 0 Å². The number of sulfonamides is 2. The number of amides is 1. The Bertz CT molecular complexity index is 1460. The van der Waals surface area contributed by atoms with E-state index in [1.165, 1.54) is 30.3 Å². The molecule has 0 unspecified atom stereocenters. The SMILES string of the molecule is Cc1ccc(C)c(S(=O)(=O)Nc2ccccc2C(=O)Nc2cccc(S(=O)(=O)NC3CC3)c2)c1. The van der Waals surface area contributed by atoms with E-state index in [2.05, 4.69) is 14.8 Å². The molecule has 0 aromatic heterocycles. The van der Waals surface area contributed by atoms with Crippen LogP contribution in [0.1, 0.15) is 34.3 Å². The van der Waals surface area contributed by atoms with E-state index in [0.29, 0.717) is 5.56 Å². The van der Waals surface area contributed by atoms with Crippen LogP contribution in [0.5, 0.6) is 0 Å². The van der Waals surface area contributed by atoms with Crippen molar-refractivity contribution in [3.8, 4) is 0 Å². The molecule has 178 valence electrons. The van der Waals surface area contributed by atoms with Crippen LogP contribution < -0.4 is 14.8 Å². The first-order chi connectivity index (χ1) is 16.0. The Morgan fingerprint density at radius 1 is 0.853 bits per heavy atom. The van der Waals surface area contributed by atoms with Crippen LogP contribution in [0.3, 0.4) is 0 Å². The lowest BCUT2D eigenvalue weighted by atomic mass is 10.1. The Hall–Kier alpha value is -3.21. The topological polar surface area (TPSA) is 121 Å². The van der Waals surface area contributed by atoms with Crippen LogP contribution in [0.2, 0.25) is 0 Å². The zero-order valence-corrected chi connectivity index (χ0v) is 20.3. The lowest BCUT2D eigenvalue weighted by Crippen LogP contribution is -2.25. The van der Waals surface area contributed by atoms with Crippen LogP contribution in [0.25, 0.3) is 0 Å². The zero-order valence-electron chi connectivity index (χ0n) is 18.7. The summed E-state index contributed by atoms with van der Waals surface area (Å²) in [5.74, 6) is -0.580. The van der Waals surface area contributed by atoms with Crippen LogP contribution in [0, 0.1) is 13.8 Å². The van der Waals surface area contributed by atoms with E-state index in [4.69, 9.17) is 0 Å². The highest BCUT2D eigenvalue weighted by atomic mass is 32.2. The molecule has 0 spiro atoms. The predicted molar refractivity (Wildman–Crippen MR) is 131 cm³/mol. The second-order valence-corrected chi connectivity index (χ2v) is 11.7. The van der Waals surface area contributed by atoms with Gasteiger partial charge in [0.15, 0.2) is 0 Å². The molecule has 0 heterocycles. The number of hydrogen-bond donors (Lipinski definition) is 3. The number of nitrogens with one attached hydrogen (secondary N) is 3. The largest absolute Gasteiger partial charge is 0.322 e. The van der Waals surface area contributed by atoms with Crippen LogP contribution >= 0.6 is 0 Å². The average molecular weight is 500 g/mol. The lowest BCUT2D eigenvalue weighted by Gasteiger charge is -2.15. The first-order valence-corrected chi connectivity index (χ1v) is 13.6. The van der Waals surface area contributed by atoms with Crippen LogP contribution in [-0.2, 0) is 20.0 Å². The number of carbonyl (C=O) groups excluding carboxylic acids is 1. The van der Waals surface area contributed by atoms with Crippen molar-refractivity contribution in [1.82, 2.24) is 4.72 Å². The highest BCUT2D eigenvalue weighted by Crippen LogP contribution is 2.26. The van der Waals surface area contributed by atoms with Gasteiger partial charge in [-0.3, -0.25) is 9.52 Å². The number of para-hydroxylation sites is 1. The van der Waals surface area contributed by atoms with Gasteiger partial charge in [-0.15, -0.1) is 0 Å². The Kier molecular flexibility index (Phi) is 6.48. The maximum atomic E-state index is 13.0. The fourth-order valence-electron chi connectivity index (χ4n) is 3.39. The summed E-state index contributed by atoms with van der Waals surface area (Å²) in [5.41, 5.74) is 1.86. The molecule has 1 aliphatic rings. The Balaban J connectivity index is 1.58. The third-order valence-corrected chi connectivity index (χ3v) is 8.38. The smallest absolute Gasteiger partial charge is 0.262 e. The number of anilines is 2. The van der Waals surface area contributed by atoms with Crippen molar-refractivity contribution in [2.24, 2.45) is 0 Å². The monoisotopic (exact) mass is 499 g/mol. The molecule has 0 radical (unpaired) electrons. The fraction of sp³-hybridized carbons (Fsp3) is 0.208. The molecule has 1 saturated carbocycles. The van der Waals surface area contributed by atoms with Crippen LogP contribution in [-0.4, -0.2) is 28.8 Å². The standard InChI is InChI=1S/C24H25N3O5S2/c1-16-10-11-17(2)23(14-16)34(31,32)27-22-9-4-3-8-21(22)24(28)25-19-6-5-7-20(15-19)33(29,30)26-18-12-13-18/h3-11,14-15,18,26-27H,12-13H2,1-2H3,(H,25,28). The van der Waals surface area contributed by atoms with Gasteiger partial charge in [-0.05, 0) is 74.2 Å². The Labute approximate surface area is 199 Å². The van der Waals surface area contributed by atoms with E-state index in [0.717, 1.165) is 18.4 Å². The molecule has 0 aliphatic heterocycles. The molecule has 0 bridgehead atoms. The molecule has 8 nitrogen and oxygen atoms in total. The first-order valence-electron chi connectivity index (χ1n) is 10.7. The Morgan fingerprint density at radius 2 is 1.59 bits per heavy atom. The van der Waals surface area contributed by atoms with Crippen molar-refractivity contribution in [2.75, 3.05) is 10.0 Å². The number of benzene rings is 3. The van der Waals surface area contributed by atoms with Gasteiger partial charge in [0.25, 0.3) is 15.9 Å². The van der Waals surface area contributed by atoms with Crippen molar-refractivity contribution < 1.29 is 21.6 Å². The molecule has 34 heavy (non-hydrogen) atoms. The molecular weight excluding hydrogens is 474 g/mol.